The van der Waals surface area contributed by atoms with Gasteiger partial charge in [-0.1, -0.05) is 6.07 Å². The van der Waals surface area contributed by atoms with Gasteiger partial charge in [-0.3, -0.25) is 0 Å². The molecule has 8 heteroatoms. The number of aliphatic hydroxyl groups is 1. The van der Waals surface area contributed by atoms with Gasteiger partial charge in [0.25, 0.3) is 0 Å². The highest BCUT2D eigenvalue weighted by Gasteiger charge is 2.07. The number of aliphatic hydroxyl groups excluding tert-OH is 1. The Morgan fingerprint density at radius 3 is 3.00 bits per heavy atom. The molecule has 26 heavy (non-hydrogen) atoms. The molecule has 6 N–H and O–H groups in total. The van der Waals surface area contributed by atoms with E-state index < -0.39 is 0 Å². The standard InChI is InChI=1S/C18H21N7O/c19-9-14(11-21-6-8-26)16-3-2-15(20)18(24-16)23-10-13-1-4-17-22-5-7-25(17)12-13/h1-5,7,9,11-12,19,21,26H,6,8,10,20H2,(H,23,24)/b14-11+,19-9?. The molecular formula is C18H21N7O. The first-order chi connectivity index (χ1) is 12.7. The zero-order chi connectivity index (χ0) is 18.4. The molecule has 0 saturated carbocycles. The third-order valence-electron chi connectivity index (χ3n) is 3.80. The summed E-state index contributed by atoms with van der Waals surface area (Å²) in [7, 11) is 0. The number of pyridine rings is 2. The van der Waals surface area contributed by atoms with Crippen LogP contribution in [0.25, 0.3) is 11.2 Å². The minimum atomic E-state index is 0.0189. The summed E-state index contributed by atoms with van der Waals surface area (Å²) in [5.41, 5.74) is 9.73. The van der Waals surface area contributed by atoms with E-state index in [-0.39, 0.29) is 6.61 Å². The number of imidazole rings is 1. The summed E-state index contributed by atoms with van der Waals surface area (Å²) in [4.78, 5) is 8.74. The molecule has 134 valence electrons. The normalized spacial score (nSPS) is 11.5. The van der Waals surface area contributed by atoms with E-state index in [1.54, 1.807) is 24.5 Å². The summed E-state index contributed by atoms with van der Waals surface area (Å²) in [6.45, 7) is 0.986. The number of aromatic nitrogens is 3. The number of nitrogens with one attached hydrogen (secondary N) is 3. The molecule has 0 aromatic carbocycles. The van der Waals surface area contributed by atoms with Gasteiger partial charge in [-0.25, -0.2) is 9.97 Å². The predicted octanol–water partition coefficient (Wildman–Crippen LogP) is 1.50. The van der Waals surface area contributed by atoms with Crippen molar-refractivity contribution in [3.8, 4) is 0 Å². The van der Waals surface area contributed by atoms with Crippen LogP contribution < -0.4 is 16.4 Å². The first-order valence-electron chi connectivity index (χ1n) is 8.18. The van der Waals surface area contributed by atoms with E-state index in [0.717, 1.165) is 11.2 Å². The second kappa shape index (κ2) is 8.13. The molecule has 3 rings (SSSR count). The van der Waals surface area contributed by atoms with E-state index in [0.29, 0.717) is 35.9 Å². The number of nitrogens with two attached hydrogens (primary N) is 1. The number of anilines is 2. The maximum atomic E-state index is 8.84. The Bertz CT molecular complexity index is 932. The smallest absolute Gasteiger partial charge is 0.150 e. The van der Waals surface area contributed by atoms with Crippen molar-refractivity contribution >= 4 is 28.9 Å². The van der Waals surface area contributed by atoms with E-state index in [9.17, 15) is 0 Å². The number of hydrogen-bond donors (Lipinski definition) is 5. The molecule has 0 spiro atoms. The van der Waals surface area contributed by atoms with Crippen LogP contribution in [0, 0.1) is 5.41 Å². The fraction of sp³-hybridized carbons (Fsp3) is 0.167. The fourth-order valence-corrected chi connectivity index (χ4v) is 2.46. The van der Waals surface area contributed by atoms with Gasteiger partial charge in [-0.15, -0.1) is 0 Å². The molecule has 0 aliphatic heterocycles. The number of allylic oxidation sites excluding steroid dienone is 1. The zero-order valence-corrected chi connectivity index (χ0v) is 14.2. The molecule has 3 heterocycles. The molecule has 3 aromatic rings. The monoisotopic (exact) mass is 351 g/mol. The van der Waals surface area contributed by atoms with Crippen molar-refractivity contribution in [1.29, 1.82) is 5.41 Å². The van der Waals surface area contributed by atoms with Gasteiger partial charge in [-0.05, 0) is 23.8 Å². The lowest BCUT2D eigenvalue weighted by Gasteiger charge is -2.11. The highest BCUT2D eigenvalue weighted by Crippen LogP contribution is 2.20. The molecule has 0 saturated heterocycles. The molecule has 3 aromatic heterocycles. The minimum absolute atomic E-state index is 0.0189. The summed E-state index contributed by atoms with van der Waals surface area (Å²) in [6.07, 6.45) is 8.51. The Morgan fingerprint density at radius 1 is 1.31 bits per heavy atom. The average molecular weight is 351 g/mol. The predicted molar refractivity (Wildman–Crippen MR) is 103 cm³/mol. The number of nitrogens with zero attached hydrogens (tertiary/aromatic N) is 3. The second-order valence-corrected chi connectivity index (χ2v) is 5.64. The maximum Gasteiger partial charge on any atom is 0.150 e. The van der Waals surface area contributed by atoms with Crippen LogP contribution >= 0.6 is 0 Å². The lowest BCUT2D eigenvalue weighted by Crippen LogP contribution is -2.12. The van der Waals surface area contributed by atoms with E-state index in [1.165, 1.54) is 6.21 Å². The lowest BCUT2D eigenvalue weighted by molar-refractivity contribution is 0.298. The molecule has 8 nitrogen and oxygen atoms in total. The third kappa shape index (κ3) is 3.98. The van der Waals surface area contributed by atoms with Gasteiger partial charge in [-0.2, -0.15) is 0 Å². The van der Waals surface area contributed by atoms with Gasteiger partial charge >= 0.3 is 0 Å². The number of rotatable bonds is 8. The fourth-order valence-electron chi connectivity index (χ4n) is 2.46. The first kappa shape index (κ1) is 17.4. The third-order valence-corrected chi connectivity index (χ3v) is 3.80. The molecule has 0 bridgehead atoms. The van der Waals surface area contributed by atoms with Crippen LogP contribution in [-0.4, -0.2) is 38.8 Å². The van der Waals surface area contributed by atoms with Crippen molar-refractivity contribution in [3.63, 3.8) is 0 Å². The molecule has 0 fully saturated rings. The van der Waals surface area contributed by atoms with Gasteiger partial charge in [0.15, 0.2) is 0 Å². The molecule has 0 atom stereocenters. The van der Waals surface area contributed by atoms with Gasteiger partial charge < -0.3 is 31.3 Å². The second-order valence-electron chi connectivity index (χ2n) is 5.64. The number of hydrogen-bond acceptors (Lipinski definition) is 7. The van der Waals surface area contributed by atoms with Crippen LogP contribution in [0.5, 0.6) is 0 Å². The Hall–Kier alpha value is -3.39. The highest BCUT2D eigenvalue weighted by atomic mass is 16.3. The summed E-state index contributed by atoms with van der Waals surface area (Å²) in [5.74, 6) is 0.558. The Labute approximate surface area is 150 Å². The summed E-state index contributed by atoms with van der Waals surface area (Å²) in [6, 6.07) is 7.46. The number of fused-ring (bicyclic) bond motifs is 1. The maximum absolute atomic E-state index is 8.84. The van der Waals surface area contributed by atoms with E-state index in [1.807, 2.05) is 28.9 Å². The van der Waals surface area contributed by atoms with Crippen molar-refractivity contribution in [3.05, 3.63) is 60.3 Å². The van der Waals surface area contributed by atoms with Gasteiger partial charge in [0.05, 0.1) is 18.0 Å². The molecule has 0 radical (unpaired) electrons. The van der Waals surface area contributed by atoms with Gasteiger partial charge in [0, 0.05) is 49.7 Å². The van der Waals surface area contributed by atoms with E-state index >= 15 is 0 Å². The van der Waals surface area contributed by atoms with Crippen molar-refractivity contribution < 1.29 is 5.11 Å². The Kier molecular flexibility index (Phi) is 5.45. The SMILES string of the molecule is N=C/C(=C\NCCO)c1ccc(N)c(NCc2ccc3nccn3c2)n1. The summed E-state index contributed by atoms with van der Waals surface area (Å²) < 4.78 is 1.95. The van der Waals surface area contributed by atoms with Crippen LogP contribution in [0.1, 0.15) is 11.3 Å². The van der Waals surface area contributed by atoms with Crippen LogP contribution in [0.4, 0.5) is 11.5 Å². The topological polar surface area (TPSA) is 124 Å². The van der Waals surface area contributed by atoms with E-state index in [2.05, 4.69) is 20.6 Å². The van der Waals surface area contributed by atoms with Crippen LogP contribution in [0.2, 0.25) is 0 Å². The van der Waals surface area contributed by atoms with Crippen molar-refractivity contribution in [2.75, 3.05) is 24.2 Å². The van der Waals surface area contributed by atoms with Gasteiger partial charge in [0.2, 0.25) is 0 Å². The quantitative estimate of drug-likeness (QED) is 0.309. The highest BCUT2D eigenvalue weighted by molar-refractivity contribution is 6.07. The first-order valence-corrected chi connectivity index (χ1v) is 8.18. The lowest BCUT2D eigenvalue weighted by atomic mass is 10.2. The summed E-state index contributed by atoms with van der Waals surface area (Å²) in [5, 5.41) is 22.6. The molecule has 0 unspecified atom stereocenters. The van der Waals surface area contributed by atoms with Crippen molar-refractivity contribution in [1.82, 2.24) is 19.7 Å². The van der Waals surface area contributed by atoms with E-state index in [4.69, 9.17) is 16.2 Å². The molecule has 0 aliphatic rings. The minimum Gasteiger partial charge on any atom is -0.396 e. The van der Waals surface area contributed by atoms with Crippen LogP contribution in [-0.2, 0) is 6.54 Å². The van der Waals surface area contributed by atoms with Gasteiger partial charge in [0.1, 0.15) is 11.5 Å². The largest absolute Gasteiger partial charge is 0.396 e. The van der Waals surface area contributed by atoms with Crippen LogP contribution in [0.15, 0.2) is 49.1 Å². The zero-order valence-electron chi connectivity index (χ0n) is 14.2. The molecule has 0 amide bonds. The average Bonchev–Trinajstić information content (AvgIpc) is 3.13. The van der Waals surface area contributed by atoms with Crippen LogP contribution in [0.3, 0.4) is 0 Å². The van der Waals surface area contributed by atoms with Crippen molar-refractivity contribution in [2.45, 2.75) is 6.54 Å². The molecular weight excluding hydrogens is 330 g/mol. The Morgan fingerprint density at radius 2 is 2.19 bits per heavy atom. The Balaban J connectivity index is 1.76. The van der Waals surface area contributed by atoms with Crippen molar-refractivity contribution in [2.24, 2.45) is 0 Å². The molecule has 0 aliphatic carbocycles. The number of nitrogen functional groups attached to an aromatic ring is 1. The summed E-state index contributed by atoms with van der Waals surface area (Å²) >= 11 is 0.